The van der Waals surface area contributed by atoms with E-state index in [2.05, 4.69) is 26.6 Å². The van der Waals surface area contributed by atoms with Crippen LogP contribution < -0.4 is 21.1 Å². The molecule has 2 aromatic rings. The molecule has 0 spiro atoms. The summed E-state index contributed by atoms with van der Waals surface area (Å²) in [5, 5.41) is 6.06. The van der Waals surface area contributed by atoms with Crippen molar-refractivity contribution >= 4 is 44.6 Å². The zero-order valence-electron chi connectivity index (χ0n) is 11.4. The second kappa shape index (κ2) is 5.29. The zero-order valence-corrected chi connectivity index (χ0v) is 13.0. The van der Waals surface area contributed by atoms with Gasteiger partial charge >= 0.3 is 0 Å². The van der Waals surface area contributed by atoms with Crippen molar-refractivity contribution in [3.05, 3.63) is 40.4 Å². The van der Waals surface area contributed by atoms with Gasteiger partial charge in [0.2, 0.25) is 5.91 Å². The molecule has 0 saturated carbocycles. The molecule has 0 aliphatic carbocycles. The van der Waals surface area contributed by atoms with E-state index in [0.29, 0.717) is 12.1 Å². The first kappa shape index (κ1) is 13.8. The molecule has 0 fully saturated rings. The van der Waals surface area contributed by atoms with Crippen LogP contribution in [0.3, 0.4) is 0 Å². The molecular formula is C15H14BrN3O2. The van der Waals surface area contributed by atoms with E-state index in [1.165, 1.54) is 0 Å². The summed E-state index contributed by atoms with van der Waals surface area (Å²) in [6.07, 6.45) is 0.383. The van der Waals surface area contributed by atoms with Crippen molar-refractivity contribution in [2.75, 3.05) is 23.5 Å². The minimum atomic E-state index is -0.00579. The van der Waals surface area contributed by atoms with Crippen LogP contribution in [-0.2, 0) is 11.2 Å². The van der Waals surface area contributed by atoms with Crippen LogP contribution in [0.1, 0.15) is 5.56 Å². The van der Waals surface area contributed by atoms with Crippen molar-refractivity contribution < 1.29 is 9.53 Å². The van der Waals surface area contributed by atoms with E-state index < -0.39 is 0 Å². The standard InChI is InChI=1S/C15H14BrN3O2/c1-21-14-3-2-9(6-10(14)16)18-13-7-12-8(4-11(13)17)5-15(20)19-12/h2-4,6-7,18H,5,17H2,1H3,(H,19,20). The Morgan fingerprint density at radius 3 is 2.86 bits per heavy atom. The first-order chi connectivity index (χ1) is 10.1. The normalized spacial score (nSPS) is 12.8. The summed E-state index contributed by atoms with van der Waals surface area (Å²) in [4.78, 5) is 11.4. The lowest BCUT2D eigenvalue weighted by atomic mass is 10.1. The number of rotatable bonds is 3. The number of halogens is 1. The van der Waals surface area contributed by atoms with Crippen molar-refractivity contribution in [1.29, 1.82) is 0 Å². The highest BCUT2D eigenvalue weighted by atomic mass is 79.9. The highest BCUT2D eigenvalue weighted by Crippen LogP contribution is 2.35. The van der Waals surface area contributed by atoms with E-state index in [-0.39, 0.29) is 5.91 Å². The van der Waals surface area contributed by atoms with Crippen LogP contribution in [0.15, 0.2) is 34.8 Å². The van der Waals surface area contributed by atoms with Gasteiger partial charge < -0.3 is 21.1 Å². The second-order valence-electron chi connectivity index (χ2n) is 4.80. The Kier molecular flexibility index (Phi) is 3.47. The van der Waals surface area contributed by atoms with E-state index in [1.807, 2.05) is 30.3 Å². The van der Waals surface area contributed by atoms with Crippen LogP contribution in [0.4, 0.5) is 22.7 Å². The molecule has 0 atom stereocenters. The van der Waals surface area contributed by atoms with Crippen molar-refractivity contribution in [2.24, 2.45) is 0 Å². The zero-order chi connectivity index (χ0) is 15.0. The highest BCUT2D eigenvalue weighted by molar-refractivity contribution is 9.10. The summed E-state index contributed by atoms with van der Waals surface area (Å²) in [6, 6.07) is 9.35. The van der Waals surface area contributed by atoms with Crippen molar-refractivity contribution in [2.45, 2.75) is 6.42 Å². The van der Waals surface area contributed by atoms with Crippen LogP contribution in [0.5, 0.6) is 5.75 Å². The number of hydrogen-bond donors (Lipinski definition) is 3. The van der Waals surface area contributed by atoms with Crippen LogP contribution >= 0.6 is 15.9 Å². The quantitative estimate of drug-likeness (QED) is 0.744. The summed E-state index contributed by atoms with van der Waals surface area (Å²) in [5.41, 5.74) is 10.0. The fourth-order valence-electron chi connectivity index (χ4n) is 2.30. The fourth-order valence-corrected chi connectivity index (χ4v) is 2.84. The molecule has 1 aliphatic rings. The van der Waals surface area contributed by atoms with Gasteiger partial charge in [-0.25, -0.2) is 0 Å². The van der Waals surface area contributed by atoms with Crippen LogP contribution in [0.25, 0.3) is 0 Å². The first-order valence-corrected chi connectivity index (χ1v) is 7.19. The minimum Gasteiger partial charge on any atom is -0.496 e. The second-order valence-corrected chi connectivity index (χ2v) is 5.65. The van der Waals surface area contributed by atoms with Crippen molar-refractivity contribution in [3.8, 4) is 5.75 Å². The summed E-state index contributed by atoms with van der Waals surface area (Å²) in [5.74, 6) is 0.753. The fraction of sp³-hybridized carbons (Fsp3) is 0.133. The molecule has 0 radical (unpaired) electrons. The molecule has 0 saturated heterocycles. The molecule has 0 unspecified atom stereocenters. The smallest absolute Gasteiger partial charge is 0.228 e. The number of anilines is 4. The summed E-state index contributed by atoms with van der Waals surface area (Å²) < 4.78 is 6.05. The van der Waals surface area contributed by atoms with E-state index in [4.69, 9.17) is 10.5 Å². The highest BCUT2D eigenvalue weighted by Gasteiger charge is 2.19. The molecule has 0 aromatic heterocycles. The number of ether oxygens (including phenoxy) is 1. The lowest BCUT2D eigenvalue weighted by Gasteiger charge is -2.13. The van der Waals surface area contributed by atoms with Gasteiger partial charge in [0.15, 0.2) is 0 Å². The van der Waals surface area contributed by atoms with E-state index in [0.717, 1.165) is 32.8 Å². The van der Waals surface area contributed by atoms with E-state index in [1.54, 1.807) is 7.11 Å². The minimum absolute atomic E-state index is 0.00579. The number of amides is 1. The van der Waals surface area contributed by atoms with Gasteiger partial charge in [0.25, 0.3) is 0 Å². The molecule has 5 nitrogen and oxygen atoms in total. The predicted molar refractivity (Wildman–Crippen MR) is 87.2 cm³/mol. The molecule has 6 heteroatoms. The molecule has 21 heavy (non-hydrogen) atoms. The van der Waals surface area contributed by atoms with Crippen molar-refractivity contribution in [3.63, 3.8) is 0 Å². The topological polar surface area (TPSA) is 76.4 Å². The number of carbonyl (C=O) groups excluding carboxylic acids is 1. The van der Waals surface area contributed by atoms with Gasteiger partial charge in [0.1, 0.15) is 5.75 Å². The molecule has 1 amide bonds. The summed E-state index contributed by atoms with van der Waals surface area (Å²) in [6.45, 7) is 0. The maximum absolute atomic E-state index is 11.4. The third kappa shape index (κ3) is 2.67. The van der Waals surface area contributed by atoms with Gasteiger partial charge in [0.05, 0.1) is 29.4 Å². The summed E-state index contributed by atoms with van der Waals surface area (Å²) >= 11 is 3.44. The Bertz CT molecular complexity index is 731. The average molecular weight is 348 g/mol. The number of nitrogen functional groups attached to an aromatic ring is 1. The van der Waals surface area contributed by atoms with Crippen LogP contribution in [0.2, 0.25) is 0 Å². The average Bonchev–Trinajstić information content (AvgIpc) is 2.78. The number of fused-ring (bicyclic) bond motifs is 1. The first-order valence-electron chi connectivity index (χ1n) is 6.39. The molecule has 0 bridgehead atoms. The number of hydrogen-bond acceptors (Lipinski definition) is 4. The molecule has 1 heterocycles. The van der Waals surface area contributed by atoms with Gasteiger partial charge in [-0.1, -0.05) is 0 Å². The van der Waals surface area contributed by atoms with Gasteiger partial charge in [-0.05, 0) is 51.8 Å². The Morgan fingerprint density at radius 2 is 2.14 bits per heavy atom. The molecule has 3 rings (SSSR count). The molecule has 4 N–H and O–H groups in total. The largest absolute Gasteiger partial charge is 0.496 e. The van der Waals surface area contributed by atoms with Gasteiger partial charge in [-0.3, -0.25) is 4.79 Å². The number of methoxy groups -OCH3 is 1. The Hall–Kier alpha value is -2.21. The maximum atomic E-state index is 11.4. The maximum Gasteiger partial charge on any atom is 0.228 e. The third-order valence-electron chi connectivity index (χ3n) is 3.33. The van der Waals surface area contributed by atoms with Crippen LogP contribution in [-0.4, -0.2) is 13.0 Å². The van der Waals surface area contributed by atoms with E-state index in [9.17, 15) is 4.79 Å². The van der Waals surface area contributed by atoms with Crippen molar-refractivity contribution in [1.82, 2.24) is 0 Å². The van der Waals surface area contributed by atoms with Gasteiger partial charge in [-0.15, -0.1) is 0 Å². The van der Waals surface area contributed by atoms with Crippen LogP contribution in [0, 0.1) is 0 Å². The summed E-state index contributed by atoms with van der Waals surface area (Å²) in [7, 11) is 1.62. The number of nitrogens with one attached hydrogen (secondary N) is 2. The number of carbonyl (C=O) groups is 1. The van der Waals surface area contributed by atoms with Gasteiger partial charge in [0, 0.05) is 11.4 Å². The SMILES string of the molecule is COc1ccc(Nc2cc3c(cc2N)CC(=O)N3)cc1Br. The number of benzene rings is 2. The Morgan fingerprint density at radius 1 is 1.33 bits per heavy atom. The van der Waals surface area contributed by atoms with E-state index >= 15 is 0 Å². The lowest BCUT2D eigenvalue weighted by Crippen LogP contribution is -2.03. The monoisotopic (exact) mass is 347 g/mol. The molecule has 2 aromatic carbocycles. The third-order valence-corrected chi connectivity index (χ3v) is 3.95. The number of nitrogens with two attached hydrogens (primary N) is 1. The lowest BCUT2D eigenvalue weighted by molar-refractivity contribution is -0.115. The Balaban J connectivity index is 1.90. The molecule has 1 aliphatic heterocycles. The molecule has 108 valence electrons. The van der Waals surface area contributed by atoms with Gasteiger partial charge in [-0.2, -0.15) is 0 Å². The predicted octanol–water partition coefficient (Wildman–Crippen LogP) is 3.28. The Labute approximate surface area is 130 Å². The molecular weight excluding hydrogens is 334 g/mol.